The van der Waals surface area contributed by atoms with Gasteiger partial charge in [0.2, 0.25) is 0 Å². The maximum absolute atomic E-state index is 14.0. The SMILES string of the molecule is CN(C)C[C@@H]1CCCC[C@]1(O)Cc1c(F)cccc1Cl.Cl. The summed E-state index contributed by atoms with van der Waals surface area (Å²) >= 11 is 6.10. The maximum atomic E-state index is 14.0. The van der Waals surface area contributed by atoms with Crippen molar-refractivity contribution in [3.8, 4) is 0 Å². The number of rotatable bonds is 4. The van der Waals surface area contributed by atoms with Crippen molar-refractivity contribution in [2.75, 3.05) is 20.6 Å². The molecule has 0 unspecified atom stereocenters. The van der Waals surface area contributed by atoms with Crippen LogP contribution in [0, 0.1) is 11.7 Å². The first-order valence-electron chi connectivity index (χ1n) is 7.22. The van der Waals surface area contributed by atoms with E-state index in [0.717, 1.165) is 32.2 Å². The Kier molecular flexibility index (Phi) is 6.92. The molecule has 21 heavy (non-hydrogen) atoms. The first kappa shape index (κ1) is 18.7. The minimum absolute atomic E-state index is 0. The van der Waals surface area contributed by atoms with Gasteiger partial charge in [-0.25, -0.2) is 4.39 Å². The van der Waals surface area contributed by atoms with Crippen LogP contribution < -0.4 is 0 Å². The summed E-state index contributed by atoms with van der Waals surface area (Å²) in [5.41, 5.74) is -0.406. The molecule has 120 valence electrons. The molecule has 1 aromatic rings. The molecule has 0 aliphatic heterocycles. The van der Waals surface area contributed by atoms with Gasteiger partial charge in [0.25, 0.3) is 0 Å². The third-order valence-corrected chi connectivity index (χ3v) is 4.66. The lowest BCUT2D eigenvalue weighted by molar-refractivity contribution is -0.0557. The van der Waals surface area contributed by atoms with E-state index in [0.29, 0.717) is 17.0 Å². The van der Waals surface area contributed by atoms with Crippen LogP contribution in [0.25, 0.3) is 0 Å². The van der Waals surface area contributed by atoms with Gasteiger partial charge in [-0.3, -0.25) is 0 Å². The van der Waals surface area contributed by atoms with Gasteiger partial charge in [0.05, 0.1) is 5.60 Å². The van der Waals surface area contributed by atoms with Crippen LogP contribution in [0.4, 0.5) is 4.39 Å². The van der Waals surface area contributed by atoms with Crippen LogP contribution in [-0.2, 0) is 6.42 Å². The van der Waals surface area contributed by atoms with E-state index in [1.807, 2.05) is 14.1 Å². The van der Waals surface area contributed by atoms with Crippen molar-refractivity contribution in [1.29, 1.82) is 0 Å². The average Bonchev–Trinajstić information content (AvgIpc) is 2.37. The van der Waals surface area contributed by atoms with Crippen LogP contribution in [0.2, 0.25) is 5.02 Å². The molecule has 5 heteroatoms. The van der Waals surface area contributed by atoms with Crippen molar-refractivity contribution in [3.05, 3.63) is 34.6 Å². The third-order valence-electron chi connectivity index (χ3n) is 4.30. The van der Waals surface area contributed by atoms with Gasteiger partial charge >= 0.3 is 0 Å². The highest BCUT2D eigenvalue weighted by atomic mass is 35.5. The van der Waals surface area contributed by atoms with Crippen LogP contribution in [-0.4, -0.2) is 36.2 Å². The Morgan fingerprint density at radius 3 is 2.71 bits per heavy atom. The summed E-state index contributed by atoms with van der Waals surface area (Å²) in [5.74, 6) is -0.151. The minimum atomic E-state index is -0.853. The fourth-order valence-electron chi connectivity index (χ4n) is 3.24. The molecule has 0 radical (unpaired) electrons. The lowest BCUT2D eigenvalue weighted by Crippen LogP contribution is -2.47. The molecule has 1 saturated carbocycles. The number of nitrogens with zero attached hydrogens (tertiary/aromatic N) is 1. The maximum Gasteiger partial charge on any atom is 0.127 e. The van der Waals surface area contributed by atoms with Crippen molar-refractivity contribution in [2.24, 2.45) is 5.92 Å². The average molecular weight is 336 g/mol. The standard InChI is InChI=1S/C16H23ClFNO.ClH/c1-19(2)11-12-6-3-4-9-16(12,20)10-13-14(17)7-5-8-15(13)18;/h5,7-8,12,20H,3-4,6,9-11H2,1-2H3;1H/t12-,16-;/m0./s1. The van der Waals surface area contributed by atoms with E-state index < -0.39 is 5.60 Å². The van der Waals surface area contributed by atoms with E-state index in [1.165, 1.54) is 6.07 Å². The fraction of sp³-hybridized carbons (Fsp3) is 0.625. The molecule has 2 atom stereocenters. The number of hydrogen-bond donors (Lipinski definition) is 1. The molecule has 2 nitrogen and oxygen atoms in total. The highest BCUT2D eigenvalue weighted by Gasteiger charge is 2.39. The molecule has 0 bridgehead atoms. The number of aliphatic hydroxyl groups is 1. The summed E-state index contributed by atoms with van der Waals surface area (Å²) in [4.78, 5) is 2.09. The summed E-state index contributed by atoms with van der Waals surface area (Å²) < 4.78 is 14.0. The summed E-state index contributed by atoms with van der Waals surface area (Å²) in [6.45, 7) is 0.822. The first-order valence-corrected chi connectivity index (χ1v) is 7.60. The predicted octanol–water partition coefficient (Wildman–Crippen LogP) is 3.93. The van der Waals surface area contributed by atoms with Gasteiger partial charge in [0, 0.05) is 29.5 Å². The summed E-state index contributed by atoms with van der Waals surface area (Å²) in [7, 11) is 4.01. The summed E-state index contributed by atoms with van der Waals surface area (Å²) in [6.07, 6.45) is 4.13. The van der Waals surface area contributed by atoms with Crippen LogP contribution in [0.5, 0.6) is 0 Å². The molecule has 0 aromatic heterocycles. The van der Waals surface area contributed by atoms with Crippen molar-refractivity contribution < 1.29 is 9.50 Å². The smallest absolute Gasteiger partial charge is 0.127 e. The van der Waals surface area contributed by atoms with Gasteiger partial charge in [-0.1, -0.05) is 30.5 Å². The minimum Gasteiger partial charge on any atom is -0.389 e. The van der Waals surface area contributed by atoms with E-state index in [-0.39, 0.29) is 24.1 Å². The fourth-order valence-corrected chi connectivity index (χ4v) is 3.47. The van der Waals surface area contributed by atoms with E-state index >= 15 is 0 Å². The Morgan fingerprint density at radius 1 is 1.38 bits per heavy atom. The summed E-state index contributed by atoms with van der Waals surface area (Å²) in [5, 5.41) is 11.4. The molecule has 1 aliphatic carbocycles. The van der Waals surface area contributed by atoms with E-state index in [1.54, 1.807) is 12.1 Å². The molecular formula is C16H24Cl2FNO. The van der Waals surface area contributed by atoms with Gasteiger partial charge in [0.1, 0.15) is 5.82 Å². The number of benzene rings is 1. The lowest BCUT2D eigenvalue weighted by atomic mass is 9.72. The van der Waals surface area contributed by atoms with Crippen LogP contribution in [0.1, 0.15) is 31.2 Å². The van der Waals surface area contributed by atoms with Crippen LogP contribution in [0.3, 0.4) is 0 Å². The van der Waals surface area contributed by atoms with Gasteiger partial charge in [-0.05, 0) is 39.1 Å². The Hall–Kier alpha value is -0.350. The van der Waals surface area contributed by atoms with Gasteiger partial charge in [-0.15, -0.1) is 12.4 Å². The van der Waals surface area contributed by atoms with Crippen molar-refractivity contribution in [2.45, 2.75) is 37.7 Å². The van der Waals surface area contributed by atoms with Crippen molar-refractivity contribution in [1.82, 2.24) is 4.90 Å². The van der Waals surface area contributed by atoms with Crippen molar-refractivity contribution in [3.63, 3.8) is 0 Å². The van der Waals surface area contributed by atoms with Crippen molar-refractivity contribution >= 4 is 24.0 Å². The highest BCUT2D eigenvalue weighted by Crippen LogP contribution is 2.38. The second-order valence-electron chi connectivity index (χ2n) is 6.19. The molecule has 1 aromatic carbocycles. The second kappa shape index (κ2) is 7.77. The van der Waals surface area contributed by atoms with E-state index in [2.05, 4.69) is 4.90 Å². The summed E-state index contributed by atoms with van der Waals surface area (Å²) in [6, 6.07) is 4.70. The number of hydrogen-bond acceptors (Lipinski definition) is 2. The van der Waals surface area contributed by atoms with Gasteiger partial charge in [-0.2, -0.15) is 0 Å². The second-order valence-corrected chi connectivity index (χ2v) is 6.59. The molecule has 0 saturated heterocycles. The molecule has 0 spiro atoms. The monoisotopic (exact) mass is 335 g/mol. The van der Waals surface area contributed by atoms with E-state index in [4.69, 9.17) is 11.6 Å². The number of halogens is 3. The quantitative estimate of drug-likeness (QED) is 0.901. The molecule has 2 rings (SSSR count). The topological polar surface area (TPSA) is 23.5 Å². The molecule has 0 amide bonds. The first-order chi connectivity index (χ1) is 9.42. The Labute approximate surface area is 137 Å². The zero-order valence-electron chi connectivity index (χ0n) is 12.6. The zero-order valence-corrected chi connectivity index (χ0v) is 14.2. The lowest BCUT2D eigenvalue weighted by Gasteiger charge is -2.41. The normalized spacial score (nSPS) is 25.7. The van der Waals surface area contributed by atoms with E-state index in [9.17, 15) is 9.50 Å². The van der Waals surface area contributed by atoms with Gasteiger partial charge < -0.3 is 10.0 Å². The molecular weight excluding hydrogens is 312 g/mol. The zero-order chi connectivity index (χ0) is 14.8. The highest BCUT2D eigenvalue weighted by molar-refractivity contribution is 6.31. The molecule has 1 fully saturated rings. The van der Waals surface area contributed by atoms with Crippen LogP contribution >= 0.6 is 24.0 Å². The predicted molar refractivity (Wildman–Crippen MR) is 87.8 cm³/mol. The Morgan fingerprint density at radius 2 is 2.10 bits per heavy atom. The Bertz CT molecular complexity index is 449. The van der Waals surface area contributed by atoms with Crippen LogP contribution in [0.15, 0.2) is 18.2 Å². The molecule has 0 heterocycles. The van der Waals surface area contributed by atoms with Gasteiger partial charge in [0.15, 0.2) is 0 Å². The molecule has 1 aliphatic rings. The molecule has 1 N–H and O–H groups in total. The Balaban J connectivity index is 0.00000220. The third kappa shape index (κ3) is 4.56. The largest absolute Gasteiger partial charge is 0.389 e.